The van der Waals surface area contributed by atoms with Crippen LogP contribution in [0.5, 0.6) is 0 Å². The maximum absolute atomic E-state index is 13.5. The van der Waals surface area contributed by atoms with Gasteiger partial charge in [-0.2, -0.15) is 0 Å². The van der Waals surface area contributed by atoms with Gasteiger partial charge in [0.1, 0.15) is 0 Å². The number of carbonyl (C=O) groups excluding carboxylic acids is 2. The molecule has 32 heavy (non-hydrogen) atoms. The van der Waals surface area contributed by atoms with Crippen molar-refractivity contribution in [1.29, 1.82) is 0 Å². The van der Waals surface area contributed by atoms with Crippen LogP contribution in [0.4, 0.5) is 5.13 Å². The van der Waals surface area contributed by atoms with Gasteiger partial charge in [0.2, 0.25) is 0 Å². The average Bonchev–Trinajstić information content (AvgIpc) is 3.23. The Balaban J connectivity index is 1.64. The Morgan fingerprint density at radius 3 is 2.50 bits per heavy atom. The predicted molar refractivity (Wildman–Crippen MR) is 126 cm³/mol. The van der Waals surface area contributed by atoms with Crippen molar-refractivity contribution in [3.05, 3.63) is 58.7 Å². The van der Waals surface area contributed by atoms with E-state index in [-0.39, 0.29) is 5.91 Å². The second-order valence-electron chi connectivity index (χ2n) is 7.90. The molecule has 1 aliphatic rings. The Morgan fingerprint density at radius 2 is 1.81 bits per heavy atom. The molecule has 3 aromatic rings. The standard InChI is InChI=1S/C24H27N3O4S/c1-16-14-17(2)21-20(15-16)32-24(25-21)27(9-8-26-10-12-31-13-11-26)22(28)18-4-6-19(7-5-18)23(29)30-3/h4-7,14-15H,8-13H2,1-3H3. The van der Waals surface area contributed by atoms with Crippen molar-refractivity contribution < 1.29 is 19.1 Å². The second kappa shape index (κ2) is 9.77. The van der Waals surface area contributed by atoms with Gasteiger partial charge in [-0.05, 0) is 55.3 Å². The van der Waals surface area contributed by atoms with Crippen molar-refractivity contribution in [2.45, 2.75) is 13.8 Å². The minimum Gasteiger partial charge on any atom is -0.465 e. The lowest BCUT2D eigenvalue weighted by molar-refractivity contribution is 0.0391. The summed E-state index contributed by atoms with van der Waals surface area (Å²) in [5.74, 6) is -0.562. The topological polar surface area (TPSA) is 72.0 Å². The number of morpholine rings is 1. The summed E-state index contributed by atoms with van der Waals surface area (Å²) in [6.45, 7) is 8.51. The summed E-state index contributed by atoms with van der Waals surface area (Å²) in [4.78, 5) is 34.2. The SMILES string of the molecule is COC(=O)c1ccc(C(=O)N(CCN2CCOCC2)c2nc3c(C)cc(C)cc3s2)cc1. The summed E-state index contributed by atoms with van der Waals surface area (Å²) in [5.41, 5.74) is 4.13. The number of methoxy groups -OCH3 is 1. The molecule has 0 radical (unpaired) electrons. The van der Waals surface area contributed by atoms with Crippen molar-refractivity contribution >= 4 is 38.6 Å². The number of carbonyl (C=O) groups is 2. The quantitative estimate of drug-likeness (QED) is 0.530. The van der Waals surface area contributed by atoms with E-state index in [4.69, 9.17) is 14.5 Å². The number of amides is 1. The number of nitrogens with zero attached hydrogens (tertiary/aromatic N) is 3. The molecule has 0 spiro atoms. The third kappa shape index (κ3) is 4.82. The zero-order chi connectivity index (χ0) is 22.7. The minimum absolute atomic E-state index is 0.136. The van der Waals surface area contributed by atoms with E-state index in [9.17, 15) is 9.59 Å². The number of anilines is 1. The molecule has 0 bridgehead atoms. The van der Waals surface area contributed by atoms with Gasteiger partial charge in [-0.1, -0.05) is 17.4 Å². The van der Waals surface area contributed by atoms with Crippen molar-refractivity contribution in [3.8, 4) is 0 Å². The molecular formula is C24H27N3O4S. The van der Waals surface area contributed by atoms with E-state index >= 15 is 0 Å². The molecule has 7 nitrogen and oxygen atoms in total. The molecule has 8 heteroatoms. The van der Waals surface area contributed by atoms with Gasteiger partial charge in [0.25, 0.3) is 5.91 Å². The number of rotatable bonds is 6. The van der Waals surface area contributed by atoms with Crippen molar-refractivity contribution in [1.82, 2.24) is 9.88 Å². The summed E-state index contributed by atoms with van der Waals surface area (Å²) in [5, 5.41) is 0.684. The van der Waals surface area contributed by atoms with Gasteiger partial charge < -0.3 is 9.47 Å². The zero-order valence-corrected chi connectivity index (χ0v) is 19.4. The first-order valence-electron chi connectivity index (χ1n) is 10.6. The molecule has 0 aliphatic carbocycles. The second-order valence-corrected chi connectivity index (χ2v) is 8.91. The molecule has 2 aromatic carbocycles. The first-order valence-corrected chi connectivity index (χ1v) is 11.5. The highest BCUT2D eigenvalue weighted by molar-refractivity contribution is 7.22. The van der Waals surface area contributed by atoms with Crippen molar-refractivity contribution in [3.63, 3.8) is 0 Å². The number of hydrogen-bond donors (Lipinski definition) is 0. The molecule has 168 valence electrons. The van der Waals surface area contributed by atoms with E-state index in [0.717, 1.165) is 35.4 Å². The van der Waals surface area contributed by atoms with E-state index in [1.54, 1.807) is 29.2 Å². The van der Waals surface area contributed by atoms with Crippen LogP contribution in [-0.2, 0) is 9.47 Å². The molecule has 1 aromatic heterocycles. The van der Waals surface area contributed by atoms with Crippen molar-refractivity contribution in [2.75, 3.05) is 51.4 Å². The number of aromatic nitrogens is 1. The van der Waals surface area contributed by atoms with Crippen LogP contribution in [0, 0.1) is 13.8 Å². The lowest BCUT2D eigenvalue weighted by Crippen LogP contribution is -2.43. The smallest absolute Gasteiger partial charge is 0.337 e. The fourth-order valence-electron chi connectivity index (χ4n) is 3.85. The van der Waals surface area contributed by atoms with Crippen LogP contribution in [0.1, 0.15) is 31.8 Å². The largest absolute Gasteiger partial charge is 0.465 e. The minimum atomic E-state index is -0.426. The normalized spacial score (nSPS) is 14.5. The van der Waals surface area contributed by atoms with Gasteiger partial charge in [-0.3, -0.25) is 14.6 Å². The van der Waals surface area contributed by atoms with Gasteiger partial charge >= 0.3 is 5.97 Å². The van der Waals surface area contributed by atoms with Crippen LogP contribution >= 0.6 is 11.3 Å². The number of fused-ring (bicyclic) bond motifs is 1. The summed E-state index contributed by atoms with van der Waals surface area (Å²) in [6, 6.07) is 10.8. The molecule has 1 saturated heterocycles. The predicted octanol–water partition coefficient (Wildman–Crippen LogP) is 3.68. The van der Waals surface area contributed by atoms with E-state index < -0.39 is 5.97 Å². The Morgan fingerprint density at radius 1 is 1.12 bits per heavy atom. The van der Waals surface area contributed by atoms with E-state index in [2.05, 4.69) is 24.0 Å². The molecule has 1 fully saturated rings. The van der Waals surface area contributed by atoms with Crippen molar-refractivity contribution in [2.24, 2.45) is 0 Å². The van der Waals surface area contributed by atoms with Gasteiger partial charge in [0.05, 0.1) is 36.1 Å². The van der Waals surface area contributed by atoms with E-state index in [0.29, 0.717) is 36.0 Å². The lowest BCUT2D eigenvalue weighted by atomic mass is 10.1. The average molecular weight is 454 g/mol. The molecule has 0 unspecified atom stereocenters. The Hall–Kier alpha value is -2.81. The van der Waals surface area contributed by atoms with Gasteiger partial charge in [-0.15, -0.1) is 0 Å². The molecule has 1 amide bonds. The number of esters is 1. The van der Waals surface area contributed by atoms with E-state index in [1.165, 1.54) is 24.0 Å². The molecule has 0 saturated carbocycles. The third-order valence-corrected chi connectivity index (χ3v) is 6.62. The van der Waals surface area contributed by atoms with Crippen LogP contribution in [0.15, 0.2) is 36.4 Å². The number of benzene rings is 2. The summed E-state index contributed by atoms with van der Waals surface area (Å²) < 4.78 is 11.3. The fraction of sp³-hybridized carbons (Fsp3) is 0.375. The van der Waals surface area contributed by atoms with Crippen LogP contribution in [0.25, 0.3) is 10.2 Å². The molecule has 0 atom stereocenters. The number of thiazole rings is 1. The molecule has 2 heterocycles. The Kier molecular flexibility index (Phi) is 6.83. The highest BCUT2D eigenvalue weighted by atomic mass is 32.1. The summed E-state index contributed by atoms with van der Waals surface area (Å²) in [7, 11) is 1.34. The van der Waals surface area contributed by atoms with Crippen LogP contribution in [-0.4, -0.2) is 68.3 Å². The lowest BCUT2D eigenvalue weighted by Gasteiger charge is -2.29. The maximum atomic E-state index is 13.5. The first kappa shape index (κ1) is 22.4. The van der Waals surface area contributed by atoms with Gasteiger partial charge in [0, 0.05) is 31.7 Å². The molecule has 0 N–H and O–H groups in total. The Labute approximate surface area is 191 Å². The van der Waals surface area contributed by atoms with E-state index in [1.807, 2.05) is 6.92 Å². The molecular weight excluding hydrogens is 426 g/mol. The highest BCUT2D eigenvalue weighted by Crippen LogP contribution is 2.32. The molecule has 4 rings (SSSR count). The zero-order valence-electron chi connectivity index (χ0n) is 18.6. The number of aryl methyl sites for hydroxylation is 2. The summed E-state index contributed by atoms with van der Waals surface area (Å²) in [6.07, 6.45) is 0. The third-order valence-electron chi connectivity index (χ3n) is 5.59. The van der Waals surface area contributed by atoms with Gasteiger partial charge in [0.15, 0.2) is 5.13 Å². The molecule has 1 aliphatic heterocycles. The first-order chi connectivity index (χ1) is 15.5. The monoisotopic (exact) mass is 453 g/mol. The van der Waals surface area contributed by atoms with Crippen LogP contribution in [0.2, 0.25) is 0 Å². The maximum Gasteiger partial charge on any atom is 0.337 e. The number of ether oxygens (including phenoxy) is 2. The van der Waals surface area contributed by atoms with Crippen LogP contribution < -0.4 is 4.90 Å². The highest BCUT2D eigenvalue weighted by Gasteiger charge is 2.23. The number of hydrogen-bond acceptors (Lipinski definition) is 7. The fourth-order valence-corrected chi connectivity index (χ4v) is 5.01. The van der Waals surface area contributed by atoms with Gasteiger partial charge in [-0.25, -0.2) is 9.78 Å². The Bertz CT molecular complexity index is 1120. The van der Waals surface area contributed by atoms with Crippen LogP contribution in [0.3, 0.4) is 0 Å². The summed E-state index contributed by atoms with van der Waals surface area (Å²) >= 11 is 1.53.